The Bertz CT molecular complexity index is 505. The number of ether oxygens (including phenoxy) is 1. The summed E-state index contributed by atoms with van der Waals surface area (Å²) in [5.74, 6) is 0.223. The lowest BCUT2D eigenvalue weighted by Crippen LogP contribution is -2.41. The summed E-state index contributed by atoms with van der Waals surface area (Å²) in [5, 5.41) is 2.75. The van der Waals surface area contributed by atoms with Crippen LogP contribution in [0.4, 0.5) is 4.79 Å². The maximum absolute atomic E-state index is 11.8. The van der Waals surface area contributed by atoms with Gasteiger partial charge in [-0.05, 0) is 24.8 Å². The molecule has 6 nitrogen and oxygen atoms in total. The molecule has 0 radical (unpaired) electrons. The van der Waals surface area contributed by atoms with Crippen LogP contribution in [0.1, 0.15) is 18.9 Å². The molecule has 2 atom stereocenters. The Hall–Kier alpha value is -2.08. The van der Waals surface area contributed by atoms with E-state index in [9.17, 15) is 9.59 Å². The lowest BCUT2D eigenvalue weighted by molar-refractivity contribution is -0.131. The van der Waals surface area contributed by atoms with E-state index in [-0.39, 0.29) is 18.4 Å². The Kier molecular flexibility index (Phi) is 5.77. The van der Waals surface area contributed by atoms with Gasteiger partial charge in [0.15, 0.2) is 0 Å². The minimum absolute atomic E-state index is 0.0332. The highest BCUT2D eigenvalue weighted by Crippen LogP contribution is 2.16. The highest BCUT2D eigenvalue weighted by atomic mass is 16.5. The number of nitrogens with zero attached hydrogens (tertiary/aromatic N) is 1. The van der Waals surface area contributed by atoms with Crippen LogP contribution in [-0.2, 0) is 16.1 Å². The number of rotatable bonds is 5. The number of hydrogen-bond donors (Lipinski definition) is 2. The van der Waals surface area contributed by atoms with Gasteiger partial charge in [-0.3, -0.25) is 4.79 Å². The van der Waals surface area contributed by atoms with E-state index in [1.807, 2.05) is 30.3 Å². The predicted octanol–water partition coefficient (Wildman–Crippen LogP) is 1.11. The molecule has 1 aromatic carbocycles. The quantitative estimate of drug-likeness (QED) is 0.853. The topological polar surface area (TPSA) is 84.7 Å². The molecule has 0 aromatic heterocycles. The molecule has 2 rings (SSSR count). The monoisotopic (exact) mass is 305 g/mol. The van der Waals surface area contributed by atoms with Crippen molar-refractivity contribution < 1.29 is 14.3 Å². The van der Waals surface area contributed by atoms with Gasteiger partial charge < -0.3 is 20.7 Å². The lowest BCUT2D eigenvalue weighted by Gasteiger charge is -2.18. The molecule has 0 aliphatic carbocycles. The van der Waals surface area contributed by atoms with Crippen molar-refractivity contribution in [3.8, 4) is 0 Å². The summed E-state index contributed by atoms with van der Waals surface area (Å²) in [4.78, 5) is 25.2. The van der Waals surface area contributed by atoms with Gasteiger partial charge in [0.25, 0.3) is 0 Å². The zero-order valence-corrected chi connectivity index (χ0v) is 12.8. The number of likely N-dealkylation sites (tertiary alicyclic amines) is 1. The van der Waals surface area contributed by atoms with Gasteiger partial charge in [-0.2, -0.15) is 0 Å². The third kappa shape index (κ3) is 4.73. The SMILES string of the molecule is C[C@H](N)C(=O)N1CC[C@@H](CNC(=O)OCc2ccccc2)C1. The Balaban J connectivity index is 1.66. The Morgan fingerprint density at radius 3 is 2.82 bits per heavy atom. The van der Waals surface area contributed by atoms with Crippen LogP contribution in [0, 0.1) is 5.92 Å². The van der Waals surface area contributed by atoms with Crippen LogP contribution in [0.3, 0.4) is 0 Å². The summed E-state index contributed by atoms with van der Waals surface area (Å²) in [6.45, 7) is 3.79. The third-order valence-electron chi connectivity index (χ3n) is 3.73. The Labute approximate surface area is 130 Å². The second kappa shape index (κ2) is 7.79. The maximum atomic E-state index is 11.8. The fourth-order valence-electron chi connectivity index (χ4n) is 2.49. The van der Waals surface area contributed by atoms with Crippen molar-refractivity contribution >= 4 is 12.0 Å². The summed E-state index contributed by atoms with van der Waals surface area (Å²) in [5.41, 5.74) is 6.55. The zero-order chi connectivity index (χ0) is 15.9. The van der Waals surface area contributed by atoms with Crippen molar-refractivity contribution in [3.63, 3.8) is 0 Å². The van der Waals surface area contributed by atoms with Crippen molar-refractivity contribution in [2.75, 3.05) is 19.6 Å². The van der Waals surface area contributed by atoms with Crippen molar-refractivity contribution in [2.24, 2.45) is 11.7 Å². The average Bonchev–Trinajstić information content (AvgIpc) is 3.00. The third-order valence-corrected chi connectivity index (χ3v) is 3.73. The largest absolute Gasteiger partial charge is 0.445 e. The van der Waals surface area contributed by atoms with E-state index in [4.69, 9.17) is 10.5 Å². The fraction of sp³-hybridized carbons (Fsp3) is 0.500. The first-order valence-electron chi connectivity index (χ1n) is 7.55. The van der Waals surface area contributed by atoms with E-state index >= 15 is 0 Å². The smallest absolute Gasteiger partial charge is 0.407 e. The van der Waals surface area contributed by atoms with E-state index in [1.54, 1.807) is 11.8 Å². The van der Waals surface area contributed by atoms with Crippen LogP contribution >= 0.6 is 0 Å². The fourth-order valence-corrected chi connectivity index (χ4v) is 2.49. The van der Waals surface area contributed by atoms with Crippen LogP contribution in [-0.4, -0.2) is 42.6 Å². The number of hydrogen-bond acceptors (Lipinski definition) is 4. The minimum Gasteiger partial charge on any atom is -0.445 e. The van der Waals surface area contributed by atoms with Crippen molar-refractivity contribution in [2.45, 2.75) is 26.0 Å². The van der Waals surface area contributed by atoms with Crippen molar-refractivity contribution in [3.05, 3.63) is 35.9 Å². The number of benzene rings is 1. The Morgan fingerprint density at radius 1 is 1.41 bits per heavy atom. The number of carbonyl (C=O) groups is 2. The lowest BCUT2D eigenvalue weighted by atomic mass is 10.1. The number of nitrogens with one attached hydrogen (secondary N) is 1. The van der Waals surface area contributed by atoms with Gasteiger partial charge in [-0.1, -0.05) is 30.3 Å². The van der Waals surface area contributed by atoms with Crippen molar-refractivity contribution in [1.29, 1.82) is 0 Å². The molecule has 6 heteroatoms. The Morgan fingerprint density at radius 2 is 2.14 bits per heavy atom. The summed E-state index contributed by atoms with van der Waals surface area (Å²) >= 11 is 0. The molecular formula is C16H23N3O3. The van der Waals surface area contributed by atoms with Crippen molar-refractivity contribution in [1.82, 2.24) is 10.2 Å². The molecule has 0 bridgehead atoms. The first-order valence-corrected chi connectivity index (χ1v) is 7.55. The number of nitrogens with two attached hydrogens (primary N) is 1. The number of carbonyl (C=O) groups excluding carboxylic acids is 2. The van der Waals surface area contributed by atoms with E-state index < -0.39 is 12.1 Å². The second-order valence-electron chi connectivity index (χ2n) is 5.67. The van der Waals surface area contributed by atoms with Gasteiger partial charge in [0.05, 0.1) is 6.04 Å². The molecule has 0 saturated carbocycles. The highest BCUT2D eigenvalue weighted by molar-refractivity contribution is 5.81. The minimum atomic E-state index is -0.470. The maximum Gasteiger partial charge on any atom is 0.407 e. The second-order valence-corrected chi connectivity index (χ2v) is 5.67. The van der Waals surface area contributed by atoms with Gasteiger partial charge in [-0.15, -0.1) is 0 Å². The molecule has 3 N–H and O–H groups in total. The molecule has 1 aliphatic heterocycles. The molecule has 1 fully saturated rings. The molecule has 2 amide bonds. The molecule has 22 heavy (non-hydrogen) atoms. The van der Waals surface area contributed by atoms with Crippen LogP contribution in [0.2, 0.25) is 0 Å². The number of amides is 2. The van der Waals surface area contributed by atoms with Gasteiger partial charge in [0.2, 0.25) is 5.91 Å². The standard InChI is InChI=1S/C16H23N3O3/c1-12(17)15(20)19-8-7-14(10-19)9-18-16(21)22-11-13-5-3-2-4-6-13/h2-6,12,14H,7-11,17H2,1H3,(H,18,21)/t12-,14-/m0/s1. The summed E-state index contributed by atoms with van der Waals surface area (Å²) < 4.78 is 5.15. The van der Waals surface area contributed by atoms with Crippen LogP contribution in [0.15, 0.2) is 30.3 Å². The van der Waals surface area contributed by atoms with Gasteiger partial charge in [0.1, 0.15) is 6.61 Å². The summed E-state index contributed by atoms with van der Waals surface area (Å²) in [6.07, 6.45) is 0.443. The molecule has 0 unspecified atom stereocenters. The van der Waals surface area contributed by atoms with E-state index in [0.29, 0.717) is 19.6 Å². The van der Waals surface area contributed by atoms with Gasteiger partial charge in [-0.25, -0.2) is 4.79 Å². The average molecular weight is 305 g/mol. The van der Waals surface area contributed by atoms with Gasteiger partial charge in [0, 0.05) is 19.6 Å². The van der Waals surface area contributed by atoms with Crippen LogP contribution in [0.5, 0.6) is 0 Å². The molecule has 1 heterocycles. The molecular weight excluding hydrogens is 282 g/mol. The molecule has 1 saturated heterocycles. The number of alkyl carbamates (subject to hydrolysis) is 1. The van der Waals surface area contributed by atoms with E-state index in [1.165, 1.54) is 0 Å². The van der Waals surface area contributed by atoms with Crippen LogP contribution < -0.4 is 11.1 Å². The molecule has 0 spiro atoms. The normalized spacial score (nSPS) is 18.8. The molecule has 1 aromatic rings. The van der Waals surface area contributed by atoms with E-state index in [2.05, 4.69) is 5.32 Å². The summed E-state index contributed by atoms with van der Waals surface area (Å²) in [7, 11) is 0. The molecule has 1 aliphatic rings. The highest BCUT2D eigenvalue weighted by Gasteiger charge is 2.27. The van der Waals surface area contributed by atoms with E-state index in [0.717, 1.165) is 12.0 Å². The molecule has 120 valence electrons. The predicted molar refractivity (Wildman–Crippen MR) is 83.0 cm³/mol. The van der Waals surface area contributed by atoms with Crippen LogP contribution in [0.25, 0.3) is 0 Å². The first-order chi connectivity index (χ1) is 10.6. The summed E-state index contributed by atoms with van der Waals surface area (Å²) in [6, 6.07) is 9.06. The van der Waals surface area contributed by atoms with Gasteiger partial charge >= 0.3 is 6.09 Å². The first kappa shape index (κ1) is 16.3. The zero-order valence-electron chi connectivity index (χ0n) is 12.8.